The molecule has 1 saturated carbocycles. The lowest BCUT2D eigenvalue weighted by molar-refractivity contribution is 0.169. The van der Waals surface area contributed by atoms with Crippen LogP contribution in [0, 0.1) is 11.8 Å². The molecule has 1 aliphatic rings. The third-order valence-corrected chi connectivity index (χ3v) is 3.41. The van der Waals surface area contributed by atoms with Gasteiger partial charge in [-0.3, -0.25) is 0 Å². The minimum absolute atomic E-state index is 0.861. The summed E-state index contributed by atoms with van der Waals surface area (Å²) in [7, 11) is 4.42. The maximum Gasteiger partial charge on any atom is 0.00893 e. The first kappa shape index (κ1) is 10.0. The van der Waals surface area contributed by atoms with Crippen LogP contribution in [0.15, 0.2) is 0 Å². The van der Waals surface area contributed by atoms with Crippen molar-refractivity contribution in [2.75, 3.05) is 14.1 Å². The second kappa shape index (κ2) is 4.27. The standard InChI is InChI=1S/C11H23N/c1-9(2)10-5-7-11(8-6-10)12(3)4/h9-11H,5-8H2,1-4H3. The van der Waals surface area contributed by atoms with E-state index in [2.05, 4.69) is 32.8 Å². The molecule has 0 aromatic rings. The fourth-order valence-corrected chi connectivity index (χ4v) is 2.28. The molecule has 0 N–H and O–H groups in total. The molecule has 0 saturated heterocycles. The van der Waals surface area contributed by atoms with Gasteiger partial charge in [-0.05, 0) is 51.6 Å². The van der Waals surface area contributed by atoms with Gasteiger partial charge in [0.15, 0.2) is 0 Å². The van der Waals surface area contributed by atoms with Crippen LogP contribution in [0.4, 0.5) is 0 Å². The quantitative estimate of drug-likeness (QED) is 0.614. The first-order valence-corrected chi connectivity index (χ1v) is 5.27. The summed E-state index contributed by atoms with van der Waals surface area (Å²) in [5.41, 5.74) is 0. The smallest absolute Gasteiger partial charge is 0.00893 e. The van der Waals surface area contributed by atoms with Crippen LogP contribution in [0.25, 0.3) is 0 Å². The van der Waals surface area contributed by atoms with Crippen molar-refractivity contribution in [2.24, 2.45) is 11.8 Å². The molecule has 72 valence electrons. The fraction of sp³-hybridized carbons (Fsp3) is 1.00. The largest absolute Gasteiger partial charge is 0.306 e. The molecule has 0 spiro atoms. The van der Waals surface area contributed by atoms with Crippen LogP contribution in [0.2, 0.25) is 0 Å². The van der Waals surface area contributed by atoms with Gasteiger partial charge in [0, 0.05) is 6.04 Å². The van der Waals surface area contributed by atoms with Crippen LogP contribution in [-0.2, 0) is 0 Å². The van der Waals surface area contributed by atoms with Crippen molar-refractivity contribution < 1.29 is 0 Å². The van der Waals surface area contributed by atoms with E-state index in [0.717, 1.165) is 17.9 Å². The Bertz CT molecular complexity index is 105. The van der Waals surface area contributed by atoms with Crippen LogP contribution in [-0.4, -0.2) is 25.0 Å². The van der Waals surface area contributed by atoms with Crippen LogP contribution < -0.4 is 0 Å². The first-order chi connectivity index (χ1) is 5.61. The highest BCUT2D eigenvalue weighted by molar-refractivity contribution is 4.78. The Balaban J connectivity index is 2.30. The van der Waals surface area contributed by atoms with Gasteiger partial charge in [-0.2, -0.15) is 0 Å². The van der Waals surface area contributed by atoms with E-state index in [4.69, 9.17) is 0 Å². The molecular formula is C11H23N. The van der Waals surface area contributed by atoms with Crippen molar-refractivity contribution in [2.45, 2.75) is 45.6 Å². The van der Waals surface area contributed by atoms with E-state index in [1.807, 2.05) is 0 Å². The lowest BCUT2D eigenvalue weighted by Crippen LogP contribution is -2.33. The summed E-state index contributed by atoms with van der Waals surface area (Å²) in [4.78, 5) is 2.39. The Kier molecular flexibility index (Phi) is 3.57. The monoisotopic (exact) mass is 169 g/mol. The van der Waals surface area contributed by atoms with Crippen molar-refractivity contribution >= 4 is 0 Å². The van der Waals surface area contributed by atoms with Crippen molar-refractivity contribution in [1.29, 1.82) is 0 Å². The van der Waals surface area contributed by atoms with Crippen LogP contribution in [0.3, 0.4) is 0 Å². The Hall–Kier alpha value is -0.0400. The van der Waals surface area contributed by atoms with Crippen molar-refractivity contribution in [3.8, 4) is 0 Å². The molecule has 1 aliphatic carbocycles. The van der Waals surface area contributed by atoms with Gasteiger partial charge in [0.2, 0.25) is 0 Å². The predicted molar refractivity (Wildman–Crippen MR) is 54.3 cm³/mol. The zero-order valence-electron chi connectivity index (χ0n) is 9.01. The SMILES string of the molecule is CC(C)C1CCC(N(C)C)CC1. The molecule has 0 heterocycles. The van der Waals surface area contributed by atoms with Crippen LogP contribution in [0.1, 0.15) is 39.5 Å². The van der Waals surface area contributed by atoms with E-state index in [1.165, 1.54) is 25.7 Å². The average Bonchev–Trinajstić information content (AvgIpc) is 2.04. The van der Waals surface area contributed by atoms with Gasteiger partial charge in [0.1, 0.15) is 0 Å². The zero-order valence-corrected chi connectivity index (χ0v) is 9.01. The molecule has 0 bridgehead atoms. The highest BCUT2D eigenvalue weighted by Crippen LogP contribution is 2.31. The third kappa shape index (κ3) is 2.48. The van der Waals surface area contributed by atoms with Gasteiger partial charge in [0.25, 0.3) is 0 Å². The molecule has 0 unspecified atom stereocenters. The summed E-state index contributed by atoms with van der Waals surface area (Å²) in [6.45, 7) is 4.72. The molecule has 0 aliphatic heterocycles. The van der Waals surface area contributed by atoms with Gasteiger partial charge >= 0.3 is 0 Å². The molecule has 12 heavy (non-hydrogen) atoms. The molecule has 0 atom stereocenters. The molecule has 1 fully saturated rings. The van der Waals surface area contributed by atoms with Gasteiger partial charge in [-0.25, -0.2) is 0 Å². The summed E-state index contributed by atoms with van der Waals surface area (Å²) in [5, 5.41) is 0. The van der Waals surface area contributed by atoms with Crippen molar-refractivity contribution in [3.63, 3.8) is 0 Å². The minimum Gasteiger partial charge on any atom is -0.306 e. The molecular weight excluding hydrogens is 146 g/mol. The maximum absolute atomic E-state index is 2.39. The number of nitrogens with zero attached hydrogens (tertiary/aromatic N) is 1. The predicted octanol–water partition coefficient (Wildman–Crippen LogP) is 2.76. The Morgan fingerprint density at radius 1 is 1.00 bits per heavy atom. The summed E-state index contributed by atoms with van der Waals surface area (Å²) in [6.07, 6.45) is 5.72. The second-order valence-electron chi connectivity index (χ2n) is 4.78. The number of hydrogen-bond donors (Lipinski definition) is 0. The molecule has 1 rings (SSSR count). The van der Waals surface area contributed by atoms with Gasteiger partial charge < -0.3 is 4.90 Å². The normalized spacial score (nSPS) is 31.5. The highest BCUT2D eigenvalue weighted by atomic mass is 15.1. The van der Waals surface area contributed by atoms with Gasteiger partial charge in [-0.1, -0.05) is 13.8 Å². The van der Waals surface area contributed by atoms with Crippen LogP contribution >= 0.6 is 0 Å². The third-order valence-electron chi connectivity index (χ3n) is 3.41. The maximum atomic E-state index is 2.39. The summed E-state index contributed by atoms with van der Waals surface area (Å²) < 4.78 is 0. The van der Waals surface area contributed by atoms with E-state index < -0.39 is 0 Å². The molecule has 1 heteroatoms. The number of hydrogen-bond acceptors (Lipinski definition) is 1. The van der Waals surface area contributed by atoms with Crippen molar-refractivity contribution in [3.05, 3.63) is 0 Å². The highest BCUT2D eigenvalue weighted by Gasteiger charge is 2.23. The molecule has 0 aromatic heterocycles. The first-order valence-electron chi connectivity index (χ1n) is 5.27. The second-order valence-corrected chi connectivity index (χ2v) is 4.78. The Morgan fingerprint density at radius 3 is 1.83 bits per heavy atom. The number of rotatable bonds is 2. The fourth-order valence-electron chi connectivity index (χ4n) is 2.28. The Labute approximate surface area is 77.1 Å². The molecule has 1 nitrogen and oxygen atoms in total. The summed E-state index contributed by atoms with van der Waals surface area (Å²) in [6, 6.07) is 0.861. The summed E-state index contributed by atoms with van der Waals surface area (Å²) >= 11 is 0. The molecule has 0 radical (unpaired) electrons. The lowest BCUT2D eigenvalue weighted by Gasteiger charge is -2.34. The minimum atomic E-state index is 0.861. The van der Waals surface area contributed by atoms with E-state index in [-0.39, 0.29) is 0 Å². The zero-order chi connectivity index (χ0) is 9.14. The molecule has 0 aromatic carbocycles. The van der Waals surface area contributed by atoms with Gasteiger partial charge in [0.05, 0.1) is 0 Å². The van der Waals surface area contributed by atoms with E-state index in [0.29, 0.717) is 0 Å². The topological polar surface area (TPSA) is 3.24 Å². The van der Waals surface area contributed by atoms with E-state index in [9.17, 15) is 0 Å². The molecule has 0 amide bonds. The Morgan fingerprint density at radius 2 is 1.50 bits per heavy atom. The lowest BCUT2D eigenvalue weighted by atomic mass is 9.79. The van der Waals surface area contributed by atoms with Crippen molar-refractivity contribution in [1.82, 2.24) is 4.90 Å². The van der Waals surface area contributed by atoms with Gasteiger partial charge in [-0.15, -0.1) is 0 Å². The average molecular weight is 169 g/mol. The van der Waals surface area contributed by atoms with E-state index in [1.54, 1.807) is 0 Å². The van der Waals surface area contributed by atoms with Crippen LogP contribution in [0.5, 0.6) is 0 Å². The van der Waals surface area contributed by atoms with E-state index >= 15 is 0 Å². The summed E-state index contributed by atoms with van der Waals surface area (Å²) in [5.74, 6) is 1.90.